The molecule has 1 aromatic heterocycles. The van der Waals surface area contributed by atoms with Crippen molar-refractivity contribution in [2.45, 2.75) is 39.0 Å². The van der Waals surface area contributed by atoms with Gasteiger partial charge in [-0.3, -0.25) is 4.21 Å². The van der Waals surface area contributed by atoms with Gasteiger partial charge in [-0.2, -0.15) is 0 Å². The normalized spacial score (nSPS) is 15.4. The smallest absolute Gasteiger partial charge is 0.0333 e. The van der Waals surface area contributed by atoms with Crippen LogP contribution in [-0.2, 0) is 17.3 Å². The lowest BCUT2D eigenvalue weighted by Crippen LogP contribution is -2.13. The number of hydrogen-bond acceptors (Lipinski definition) is 1. The zero-order chi connectivity index (χ0) is 10.7. The molecule has 2 unspecified atom stereocenters. The minimum Gasteiger partial charge on any atom is -0.349 e. The molecule has 2 nitrogen and oxygen atoms in total. The number of aromatic nitrogens is 1. The Hall–Kier alpha value is -0.570. The maximum absolute atomic E-state index is 11.2. The first kappa shape index (κ1) is 11.5. The molecule has 2 atom stereocenters. The summed E-state index contributed by atoms with van der Waals surface area (Å²) in [4.78, 5) is 0. The minimum atomic E-state index is -0.698. The van der Waals surface area contributed by atoms with E-state index in [2.05, 4.69) is 30.5 Å². The van der Waals surface area contributed by atoms with E-state index in [1.807, 2.05) is 6.92 Å². The van der Waals surface area contributed by atoms with Gasteiger partial charge in [-0.15, -0.1) is 0 Å². The van der Waals surface area contributed by atoms with Crippen molar-refractivity contribution in [2.75, 3.05) is 6.26 Å². The molecule has 0 aromatic carbocycles. The van der Waals surface area contributed by atoms with E-state index in [9.17, 15) is 4.21 Å². The molecular weight excluding hydrogens is 194 g/mol. The third-order valence-electron chi connectivity index (χ3n) is 2.74. The Kier molecular flexibility index (Phi) is 3.93. The van der Waals surface area contributed by atoms with Crippen molar-refractivity contribution >= 4 is 10.8 Å². The number of rotatable bonds is 4. The van der Waals surface area contributed by atoms with E-state index in [1.165, 1.54) is 11.4 Å². The van der Waals surface area contributed by atoms with Crippen molar-refractivity contribution in [1.29, 1.82) is 0 Å². The highest BCUT2D eigenvalue weighted by molar-refractivity contribution is 7.84. The third kappa shape index (κ3) is 2.71. The predicted octanol–water partition coefficient (Wildman–Crippen LogP) is 2.26. The van der Waals surface area contributed by atoms with E-state index in [0.29, 0.717) is 0 Å². The van der Waals surface area contributed by atoms with Crippen LogP contribution in [0.15, 0.2) is 12.1 Å². The zero-order valence-corrected chi connectivity index (χ0v) is 10.2. The topological polar surface area (TPSA) is 22.0 Å². The lowest BCUT2D eigenvalue weighted by molar-refractivity contribution is 0.602. The van der Waals surface area contributed by atoms with Gasteiger partial charge in [0.2, 0.25) is 0 Å². The summed E-state index contributed by atoms with van der Waals surface area (Å²) in [7, 11) is -0.698. The molecule has 3 heteroatoms. The summed E-state index contributed by atoms with van der Waals surface area (Å²) in [5, 5.41) is 0.288. The molecular formula is C11H19NOS. The summed E-state index contributed by atoms with van der Waals surface area (Å²) in [5.74, 6) is 0. The molecule has 80 valence electrons. The molecule has 1 heterocycles. The van der Waals surface area contributed by atoms with Gasteiger partial charge < -0.3 is 4.57 Å². The van der Waals surface area contributed by atoms with Crippen LogP contribution in [0.25, 0.3) is 0 Å². The SMILES string of the molecule is Cc1ccc(C)n1CCC(C)S(C)=O. The molecule has 1 rings (SSSR count). The molecule has 0 aliphatic rings. The van der Waals surface area contributed by atoms with Gasteiger partial charge in [0.15, 0.2) is 0 Å². The second-order valence-electron chi connectivity index (χ2n) is 3.87. The molecule has 0 amide bonds. The monoisotopic (exact) mass is 213 g/mol. The highest BCUT2D eigenvalue weighted by Gasteiger charge is 2.07. The van der Waals surface area contributed by atoms with Crippen LogP contribution in [0.4, 0.5) is 0 Å². The van der Waals surface area contributed by atoms with Crippen molar-refractivity contribution in [1.82, 2.24) is 4.57 Å². The molecule has 0 fully saturated rings. The molecule has 0 aliphatic carbocycles. The first-order valence-electron chi connectivity index (χ1n) is 4.97. The standard InChI is InChI=1S/C11H19NOS/c1-9-5-6-10(2)12(9)8-7-11(3)14(4)13/h5-6,11H,7-8H2,1-4H3. The first-order chi connectivity index (χ1) is 6.52. The van der Waals surface area contributed by atoms with Gasteiger partial charge in [-0.05, 0) is 32.4 Å². The Balaban J connectivity index is 2.57. The van der Waals surface area contributed by atoms with Crippen LogP contribution in [0.3, 0.4) is 0 Å². The van der Waals surface area contributed by atoms with Crippen LogP contribution >= 0.6 is 0 Å². The molecule has 0 saturated heterocycles. The molecule has 0 radical (unpaired) electrons. The molecule has 0 bridgehead atoms. The highest BCUT2D eigenvalue weighted by Crippen LogP contribution is 2.10. The Labute approximate surface area is 88.8 Å². The summed E-state index contributed by atoms with van der Waals surface area (Å²) in [6.45, 7) is 7.25. The van der Waals surface area contributed by atoms with E-state index in [1.54, 1.807) is 6.26 Å². The quantitative estimate of drug-likeness (QED) is 0.752. The maximum Gasteiger partial charge on any atom is 0.0333 e. The van der Waals surface area contributed by atoms with Gasteiger partial charge in [0.05, 0.1) is 0 Å². The second kappa shape index (κ2) is 4.78. The van der Waals surface area contributed by atoms with Gasteiger partial charge in [-0.1, -0.05) is 6.92 Å². The van der Waals surface area contributed by atoms with Crippen LogP contribution < -0.4 is 0 Å². The fourth-order valence-corrected chi connectivity index (χ4v) is 1.97. The minimum absolute atomic E-state index is 0.288. The van der Waals surface area contributed by atoms with E-state index >= 15 is 0 Å². The fraction of sp³-hybridized carbons (Fsp3) is 0.636. The average Bonchev–Trinajstić information content (AvgIpc) is 2.43. The number of nitrogens with zero attached hydrogens (tertiary/aromatic N) is 1. The van der Waals surface area contributed by atoms with Crippen LogP contribution in [0.1, 0.15) is 24.7 Å². The largest absolute Gasteiger partial charge is 0.349 e. The van der Waals surface area contributed by atoms with Crippen molar-refractivity contribution in [3.63, 3.8) is 0 Å². The number of aryl methyl sites for hydroxylation is 2. The highest BCUT2D eigenvalue weighted by atomic mass is 32.2. The van der Waals surface area contributed by atoms with Crippen LogP contribution in [0.5, 0.6) is 0 Å². The number of hydrogen-bond donors (Lipinski definition) is 0. The van der Waals surface area contributed by atoms with Gasteiger partial charge >= 0.3 is 0 Å². The summed E-state index contributed by atoms with van der Waals surface area (Å²) < 4.78 is 13.5. The molecule has 0 aliphatic heterocycles. The van der Waals surface area contributed by atoms with E-state index in [0.717, 1.165) is 13.0 Å². The molecule has 0 saturated carbocycles. The third-order valence-corrected chi connectivity index (χ3v) is 4.11. The maximum atomic E-state index is 11.2. The van der Waals surface area contributed by atoms with Crippen LogP contribution in [0.2, 0.25) is 0 Å². The Morgan fingerprint density at radius 3 is 2.29 bits per heavy atom. The van der Waals surface area contributed by atoms with Crippen LogP contribution in [0, 0.1) is 13.8 Å². The molecule has 0 spiro atoms. The van der Waals surface area contributed by atoms with Gasteiger partial charge in [-0.25, -0.2) is 0 Å². The Morgan fingerprint density at radius 2 is 1.86 bits per heavy atom. The van der Waals surface area contributed by atoms with Crippen LogP contribution in [-0.4, -0.2) is 20.3 Å². The Morgan fingerprint density at radius 1 is 1.36 bits per heavy atom. The van der Waals surface area contributed by atoms with E-state index in [4.69, 9.17) is 0 Å². The zero-order valence-electron chi connectivity index (χ0n) is 9.41. The van der Waals surface area contributed by atoms with Crippen molar-refractivity contribution in [3.8, 4) is 0 Å². The average molecular weight is 213 g/mol. The summed E-state index contributed by atoms with van der Waals surface area (Å²) >= 11 is 0. The summed E-state index contributed by atoms with van der Waals surface area (Å²) in [6.07, 6.45) is 2.76. The van der Waals surface area contributed by atoms with Gasteiger partial charge in [0.25, 0.3) is 0 Å². The molecule has 14 heavy (non-hydrogen) atoms. The van der Waals surface area contributed by atoms with E-state index < -0.39 is 10.8 Å². The van der Waals surface area contributed by atoms with Crippen molar-refractivity contribution in [3.05, 3.63) is 23.5 Å². The van der Waals surface area contributed by atoms with Gasteiger partial charge in [0.1, 0.15) is 0 Å². The first-order valence-corrected chi connectivity index (χ1v) is 6.59. The summed E-state index contributed by atoms with van der Waals surface area (Å²) in [6, 6.07) is 4.26. The van der Waals surface area contributed by atoms with E-state index in [-0.39, 0.29) is 5.25 Å². The second-order valence-corrected chi connectivity index (χ2v) is 5.67. The lowest BCUT2D eigenvalue weighted by atomic mass is 10.3. The Bertz CT molecular complexity index is 311. The van der Waals surface area contributed by atoms with Gasteiger partial charge in [0, 0.05) is 40.2 Å². The molecule has 0 N–H and O–H groups in total. The fourth-order valence-electron chi connectivity index (χ4n) is 1.53. The van der Waals surface area contributed by atoms with Crippen molar-refractivity contribution in [2.24, 2.45) is 0 Å². The van der Waals surface area contributed by atoms with Crippen molar-refractivity contribution < 1.29 is 4.21 Å². The summed E-state index contributed by atoms with van der Waals surface area (Å²) in [5.41, 5.74) is 2.58. The lowest BCUT2D eigenvalue weighted by Gasteiger charge is -2.12. The predicted molar refractivity (Wildman–Crippen MR) is 62.1 cm³/mol. The molecule has 1 aromatic rings.